The molecular formula is C13H28N4O2. The summed E-state index contributed by atoms with van der Waals surface area (Å²) in [5.74, 6) is 0.558. The van der Waals surface area contributed by atoms with E-state index in [2.05, 4.69) is 10.3 Å². The number of amides is 1. The molecule has 0 atom stereocenters. The van der Waals surface area contributed by atoms with Gasteiger partial charge in [-0.25, -0.2) is 4.79 Å². The van der Waals surface area contributed by atoms with Gasteiger partial charge < -0.3 is 20.7 Å². The largest absolute Gasteiger partial charge is 0.444 e. The van der Waals surface area contributed by atoms with Crippen molar-refractivity contribution in [3.8, 4) is 0 Å². The molecule has 3 N–H and O–H groups in total. The van der Waals surface area contributed by atoms with Crippen molar-refractivity contribution in [2.24, 2.45) is 10.7 Å². The van der Waals surface area contributed by atoms with Crippen LogP contribution in [0.25, 0.3) is 0 Å². The highest BCUT2D eigenvalue weighted by Gasteiger charge is 2.15. The molecule has 0 aliphatic rings. The van der Waals surface area contributed by atoms with Gasteiger partial charge in [0.15, 0.2) is 5.96 Å². The molecule has 0 saturated heterocycles. The predicted molar refractivity (Wildman–Crippen MR) is 78.3 cm³/mol. The number of hydrogen-bond acceptors (Lipinski definition) is 3. The van der Waals surface area contributed by atoms with E-state index in [0.717, 1.165) is 19.5 Å². The molecule has 0 bridgehead atoms. The van der Waals surface area contributed by atoms with Crippen molar-refractivity contribution in [2.45, 2.75) is 46.6 Å². The molecule has 0 aromatic carbocycles. The summed E-state index contributed by atoms with van der Waals surface area (Å²) in [6.07, 6.45) is 0.342. The van der Waals surface area contributed by atoms with Gasteiger partial charge in [0.2, 0.25) is 0 Å². The number of carbonyl (C=O) groups is 1. The number of hydrogen-bond donors (Lipinski definition) is 2. The number of nitrogens with two attached hydrogens (primary N) is 1. The van der Waals surface area contributed by atoms with E-state index >= 15 is 0 Å². The number of aliphatic imine (C=N–C) groups is 1. The third-order valence-electron chi connectivity index (χ3n) is 2.36. The maximum Gasteiger partial charge on any atom is 0.407 e. The lowest BCUT2D eigenvalue weighted by Gasteiger charge is -2.20. The van der Waals surface area contributed by atoms with Crippen LogP contribution >= 0.6 is 0 Å². The van der Waals surface area contributed by atoms with Crippen molar-refractivity contribution in [1.29, 1.82) is 0 Å². The SMILES string of the molecule is CCN(CC)C(N)=NCCCNC(=O)OC(C)(C)C. The van der Waals surface area contributed by atoms with Crippen LogP contribution in [0.3, 0.4) is 0 Å². The average Bonchev–Trinajstić information content (AvgIpc) is 2.27. The Balaban J connectivity index is 3.81. The van der Waals surface area contributed by atoms with Crippen molar-refractivity contribution in [1.82, 2.24) is 10.2 Å². The van der Waals surface area contributed by atoms with Crippen LogP contribution < -0.4 is 11.1 Å². The first-order valence-electron chi connectivity index (χ1n) is 6.81. The van der Waals surface area contributed by atoms with Gasteiger partial charge in [-0.3, -0.25) is 4.99 Å². The summed E-state index contributed by atoms with van der Waals surface area (Å²) < 4.78 is 5.12. The Morgan fingerprint density at radius 1 is 1.32 bits per heavy atom. The lowest BCUT2D eigenvalue weighted by molar-refractivity contribution is 0.0527. The zero-order valence-corrected chi connectivity index (χ0v) is 12.8. The lowest BCUT2D eigenvalue weighted by Crippen LogP contribution is -2.37. The smallest absolute Gasteiger partial charge is 0.407 e. The number of ether oxygens (including phenoxy) is 1. The highest BCUT2D eigenvalue weighted by molar-refractivity contribution is 5.77. The first-order valence-corrected chi connectivity index (χ1v) is 6.81. The van der Waals surface area contributed by atoms with Gasteiger partial charge in [-0.2, -0.15) is 0 Å². The standard InChI is InChI=1S/C13H28N4O2/c1-6-17(7-2)11(14)15-9-8-10-16-12(18)19-13(3,4)5/h6-10H2,1-5H3,(H2,14,15)(H,16,18). The molecule has 0 aromatic heterocycles. The van der Waals surface area contributed by atoms with Crippen LogP contribution in [0, 0.1) is 0 Å². The minimum atomic E-state index is -0.463. The molecule has 0 radical (unpaired) electrons. The Bertz CT molecular complexity index is 294. The second-order valence-electron chi connectivity index (χ2n) is 5.19. The van der Waals surface area contributed by atoms with Crippen molar-refractivity contribution in [3.05, 3.63) is 0 Å². The van der Waals surface area contributed by atoms with E-state index in [1.165, 1.54) is 0 Å². The van der Waals surface area contributed by atoms with Gasteiger partial charge in [0, 0.05) is 26.2 Å². The fourth-order valence-corrected chi connectivity index (χ4v) is 1.42. The third kappa shape index (κ3) is 9.16. The molecule has 0 aliphatic carbocycles. The minimum absolute atomic E-state index is 0.395. The van der Waals surface area contributed by atoms with E-state index in [4.69, 9.17) is 10.5 Å². The summed E-state index contributed by atoms with van der Waals surface area (Å²) in [6.45, 7) is 12.4. The van der Waals surface area contributed by atoms with Crippen LogP contribution in [0.2, 0.25) is 0 Å². The molecule has 0 aliphatic heterocycles. The maximum absolute atomic E-state index is 11.4. The highest BCUT2D eigenvalue weighted by atomic mass is 16.6. The maximum atomic E-state index is 11.4. The van der Waals surface area contributed by atoms with Gasteiger partial charge in [0.05, 0.1) is 0 Å². The zero-order chi connectivity index (χ0) is 14.9. The van der Waals surface area contributed by atoms with E-state index in [-0.39, 0.29) is 0 Å². The number of rotatable bonds is 6. The fraction of sp³-hybridized carbons (Fsp3) is 0.846. The Morgan fingerprint density at radius 3 is 2.37 bits per heavy atom. The van der Waals surface area contributed by atoms with Gasteiger partial charge in [0.1, 0.15) is 5.60 Å². The summed E-state index contributed by atoms with van der Waals surface area (Å²) in [7, 11) is 0. The highest BCUT2D eigenvalue weighted by Crippen LogP contribution is 2.06. The van der Waals surface area contributed by atoms with Gasteiger partial charge in [-0.05, 0) is 41.0 Å². The molecular weight excluding hydrogens is 244 g/mol. The lowest BCUT2D eigenvalue weighted by atomic mass is 10.2. The van der Waals surface area contributed by atoms with Gasteiger partial charge in [0.25, 0.3) is 0 Å². The van der Waals surface area contributed by atoms with Crippen molar-refractivity contribution >= 4 is 12.1 Å². The molecule has 0 spiro atoms. The predicted octanol–water partition coefficient (Wildman–Crippen LogP) is 1.56. The summed E-state index contributed by atoms with van der Waals surface area (Å²) >= 11 is 0. The molecule has 6 heteroatoms. The van der Waals surface area contributed by atoms with Crippen LogP contribution in [0.1, 0.15) is 41.0 Å². The van der Waals surface area contributed by atoms with E-state index in [9.17, 15) is 4.79 Å². The van der Waals surface area contributed by atoms with Crippen molar-refractivity contribution < 1.29 is 9.53 Å². The molecule has 19 heavy (non-hydrogen) atoms. The Kier molecular flexibility index (Phi) is 7.95. The van der Waals surface area contributed by atoms with Gasteiger partial charge >= 0.3 is 6.09 Å². The van der Waals surface area contributed by atoms with E-state index in [0.29, 0.717) is 19.0 Å². The molecule has 112 valence electrons. The number of carbonyl (C=O) groups excluding carboxylic acids is 1. The van der Waals surface area contributed by atoms with Crippen LogP contribution in [0.4, 0.5) is 4.79 Å². The molecule has 1 amide bonds. The number of guanidine groups is 1. The fourth-order valence-electron chi connectivity index (χ4n) is 1.42. The second kappa shape index (κ2) is 8.61. The zero-order valence-electron chi connectivity index (χ0n) is 12.8. The van der Waals surface area contributed by atoms with E-state index in [1.54, 1.807) is 0 Å². The monoisotopic (exact) mass is 272 g/mol. The van der Waals surface area contributed by atoms with Crippen LogP contribution in [-0.2, 0) is 4.74 Å². The van der Waals surface area contributed by atoms with Crippen LogP contribution in [-0.4, -0.2) is 48.7 Å². The number of nitrogens with one attached hydrogen (secondary N) is 1. The minimum Gasteiger partial charge on any atom is -0.444 e. The number of nitrogens with zero attached hydrogens (tertiary/aromatic N) is 2. The van der Waals surface area contributed by atoms with Crippen molar-refractivity contribution in [3.63, 3.8) is 0 Å². The third-order valence-corrected chi connectivity index (χ3v) is 2.36. The summed E-state index contributed by atoms with van der Waals surface area (Å²) in [5, 5.41) is 2.69. The summed E-state index contributed by atoms with van der Waals surface area (Å²) in [4.78, 5) is 17.6. The summed E-state index contributed by atoms with van der Waals surface area (Å²) in [5.41, 5.74) is 5.37. The molecule has 0 aromatic rings. The van der Waals surface area contributed by atoms with E-state index in [1.807, 2.05) is 39.5 Å². The second-order valence-corrected chi connectivity index (χ2v) is 5.19. The quantitative estimate of drug-likeness (QED) is 0.437. The Labute approximate surface area is 116 Å². The normalized spacial score (nSPS) is 12.2. The van der Waals surface area contributed by atoms with Crippen LogP contribution in [0.5, 0.6) is 0 Å². The van der Waals surface area contributed by atoms with E-state index < -0.39 is 11.7 Å². The average molecular weight is 272 g/mol. The topological polar surface area (TPSA) is 80.0 Å². The molecule has 0 saturated carbocycles. The van der Waals surface area contributed by atoms with Gasteiger partial charge in [-0.1, -0.05) is 0 Å². The Morgan fingerprint density at radius 2 is 1.89 bits per heavy atom. The molecule has 6 nitrogen and oxygen atoms in total. The Hall–Kier alpha value is -1.46. The number of alkyl carbamates (subject to hydrolysis) is 1. The molecule has 0 unspecified atom stereocenters. The molecule has 0 heterocycles. The van der Waals surface area contributed by atoms with Gasteiger partial charge in [-0.15, -0.1) is 0 Å². The van der Waals surface area contributed by atoms with Crippen molar-refractivity contribution in [2.75, 3.05) is 26.2 Å². The van der Waals surface area contributed by atoms with Crippen LogP contribution in [0.15, 0.2) is 4.99 Å². The first kappa shape index (κ1) is 17.5. The molecule has 0 rings (SSSR count). The first-order chi connectivity index (χ1) is 8.80. The summed E-state index contributed by atoms with van der Waals surface area (Å²) in [6, 6.07) is 0. The molecule has 0 fully saturated rings.